The van der Waals surface area contributed by atoms with Gasteiger partial charge in [0.15, 0.2) is 0 Å². The number of rotatable bonds is 6. The average Bonchev–Trinajstić information content (AvgIpc) is 2.55. The van der Waals surface area contributed by atoms with Gasteiger partial charge in [-0.3, -0.25) is 4.72 Å². The van der Waals surface area contributed by atoms with Crippen molar-refractivity contribution in [2.75, 3.05) is 18.8 Å². The Balaban J connectivity index is 2.26. The van der Waals surface area contributed by atoms with Crippen molar-refractivity contribution < 1.29 is 16.8 Å². The molecule has 2 aromatic carbocycles. The number of hydrogen-bond acceptors (Lipinski definition) is 4. The van der Waals surface area contributed by atoms with Crippen LogP contribution >= 0.6 is 0 Å². The molecule has 6 nitrogen and oxygen atoms in total. The Hall–Kier alpha value is -1.90. The number of nitrogens with one attached hydrogen (secondary N) is 1. The molecule has 2 rings (SSSR count). The Labute approximate surface area is 143 Å². The second-order valence-corrected chi connectivity index (χ2v) is 9.25. The zero-order chi connectivity index (χ0) is 18.0. The number of nitrogens with zero attached hydrogens (tertiary/aromatic N) is 1. The van der Waals surface area contributed by atoms with Gasteiger partial charge in [0.05, 0.1) is 9.79 Å². The van der Waals surface area contributed by atoms with Gasteiger partial charge < -0.3 is 0 Å². The number of aryl methyl sites for hydroxylation is 1. The van der Waals surface area contributed by atoms with E-state index in [1.807, 2.05) is 19.1 Å². The van der Waals surface area contributed by atoms with Crippen LogP contribution in [0.4, 0.5) is 5.69 Å². The second-order valence-electron chi connectivity index (χ2n) is 5.41. The summed E-state index contributed by atoms with van der Waals surface area (Å²) in [5.74, 6) is 0. The van der Waals surface area contributed by atoms with E-state index in [-0.39, 0.29) is 9.79 Å². The molecule has 0 unspecified atom stereocenters. The smallest absolute Gasteiger partial charge is 0.261 e. The van der Waals surface area contributed by atoms with Gasteiger partial charge in [0.1, 0.15) is 0 Å². The molecule has 0 radical (unpaired) electrons. The molecule has 0 fully saturated rings. The third kappa shape index (κ3) is 3.95. The van der Waals surface area contributed by atoms with Crippen LogP contribution < -0.4 is 4.72 Å². The molecule has 0 atom stereocenters. The van der Waals surface area contributed by atoms with Crippen LogP contribution in [0.3, 0.4) is 0 Å². The van der Waals surface area contributed by atoms with Gasteiger partial charge in [0, 0.05) is 19.8 Å². The van der Waals surface area contributed by atoms with Crippen molar-refractivity contribution >= 4 is 25.7 Å². The molecule has 0 aliphatic carbocycles. The molecule has 0 saturated carbocycles. The van der Waals surface area contributed by atoms with Gasteiger partial charge in [-0.25, -0.2) is 21.1 Å². The van der Waals surface area contributed by atoms with Gasteiger partial charge in [0.25, 0.3) is 10.0 Å². The van der Waals surface area contributed by atoms with E-state index in [2.05, 4.69) is 4.72 Å². The Bertz CT molecular complexity index is 902. The summed E-state index contributed by atoms with van der Waals surface area (Å²) in [4.78, 5) is 0.0403. The SMILES string of the molecule is CCc1ccc(NS(=O)(=O)c2ccc(S(=O)(=O)N(C)C)cc2)cc1. The van der Waals surface area contributed by atoms with Gasteiger partial charge in [-0.1, -0.05) is 19.1 Å². The normalized spacial score (nSPS) is 12.3. The molecule has 2 aromatic rings. The summed E-state index contributed by atoms with van der Waals surface area (Å²) in [6.45, 7) is 2.02. The van der Waals surface area contributed by atoms with Crippen molar-refractivity contribution in [2.45, 2.75) is 23.1 Å². The molecule has 0 amide bonds. The van der Waals surface area contributed by atoms with Crippen LogP contribution in [0.15, 0.2) is 58.3 Å². The lowest BCUT2D eigenvalue weighted by Gasteiger charge is -2.12. The molecule has 130 valence electrons. The predicted octanol–water partition coefficient (Wildman–Crippen LogP) is 2.30. The fourth-order valence-corrected chi connectivity index (χ4v) is 3.98. The van der Waals surface area contributed by atoms with E-state index in [0.717, 1.165) is 16.3 Å². The second kappa shape index (κ2) is 6.92. The summed E-state index contributed by atoms with van der Waals surface area (Å²) >= 11 is 0. The van der Waals surface area contributed by atoms with Crippen LogP contribution in [0.5, 0.6) is 0 Å². The van der Waals surface area contributed by atoms with E-state index < -0.39 is 20.0 Å². The third-order valence-corrected chi connectivity index (χ3v) is 6.75. The Morgan fingerprint density at radius 2 is 1.33 bits per heavy atom. The van der Waals surface area contributed by atoms with Crippen molar-refractivity contribution in [3.63, 3.8) is 0 Å². The van der Waals surface area contributed by atoms with E-state index >= 15 is 0 Å². The molecule has 0 aliphatic heterocycles. The average molecular weight is 368 g/mol. The number of hydrogen-bond donors (Lipinski definition) is 1. The van der Waals surface area contributed by atoms with E-state index in [1.54, 1.807) is 12.1 Å². The Morgan fingerprint density at radius 3 is 1.79 bits per heavy atom. The topological polar surface area (TPSA) is 83.5 Å². The van der Waals surface area contributed by atoms with E-state index in [0.29, 0.717) is 5.69 Å². The molecule has 1 N–H and O–H groups in total. The molecule has 0 aromatic heterocycles. The lowest BCUT2D eigenvalue weighted by atomic mass is 10.2. The molecular formula is C16H20N2O4S2. The number of sulfonamides is 2. The lowest BCUT2D eigenvalue weighted by molar-refractivity contribution is 0.520. The van der Waals surface area contributed by atoms with Crippen molar-refractivity contribution in [3.05, 3.63) is 54.1 Å². The molecule has 0 saturated heterocycles. The minimum absolute atomic E-state index is 0.000209. The number of anilines is 1. The highest BCUT2D eigenvalue weighted by Gasteiger charge is 2.19. The first-order chi connectivity index (χ1) is 11.2. The fourth-order valence-electron chi connectivity index (χ4n) is 2.02. The highest BCUT2D eigenvalue weighted by Crippen LogP contribution is 2.20. The van der Waals surface area contributed by atoms with Crippen LogP contribution in [-0.4, -0.2) is 35.2 Å². The molecule has 24 heavy (non-hydrogen) atoms. The lowest BCUT2D eigenvalue weighted by Crippen LogP contribution is -2.22. The van der Waals surface area contributed by atoms with Gasteiger partial charge in [0.2, 0.25) is 10.0 Å². The maximum absolute atomic E-state index is 12.4. The highest BCUT2D eigenvalue weighted by molar-refractivity contribution is 7.92. The minimum atomic E-state index is -3.77. The van der Waals surface area contributed by atoms with Crippen molar-refractivity contribution in [2.24, 2.45) is 0 Å². The first kappa shape index (κ1) is 18.4. The van der Waals surface area contributed by atoms with Crippen LogP contribution in [0.2, 0.25) is 0 Å². The summed E-state index contributed by atoms with van der Waals surface area (Å²) in [6.07, 6.45) is 0.870. The van der Waals surface area contributed by atoms with Crippen LogP contribution in [0.25, 0.3) is 0 Å². The first-order valence-electron chi connectivity index (χ1n) is 7.31. The standard InChI is InChI=1S/C16H20N2O4S2/c1-4-13-5-7-14(8-6-13)17-23(19,20)15-9-11-16(12-10-15)24(21,22)18(2)3/h5-12,17H,4H2,1-3H3. The van der Waals surface area contributed by atoms with Crippen molar-refractivity contribution in [1.29, 1.82) is 0 Å². The van der Waals surface area contributed by atoms with Gasteiger partial charge in [-0.05, 0) is 48.4 Å². The third-order valence-electron chi connectivity index (χ3n) is 3.53. The molecular weight excluding hydrogens is 348 g/mol. The molecule has 0 spiro atoms. The monoisotopic (exact) mass is 368 g/mol. The van der Waals surface area contributed by atoms with Crippen molar-refractivity contribution in [3.8, 4) is 0 Å². The summed E-state index contributed by atoms with van der Waals surface area (Å²) in [5.41, 5.74) is 1.56. The Morgan fingerprint density at radius 1 is 0.833 bits per heavy atom. The quantitative estimate of drug-likeness (QED) is 0.848. The molecule has 0 aliphatic rings. The highest BCUT2D eigenvalue weighted by atomic mass is 32.2. The largest absolute Gasteiger partial charge is 0.280 e. The maximum atomic E-state index is 12.4. The van der Waals surface area contributed by atoms with Crippen LogP contribution in [-0.2, 0) is 26.5 Å². The zero-order valence-corrected chi connectivity index (χ0v) is 15.4. The summed E-state index contributed by atoms with van der Waals surface area (Å²) < 4.78 is 52.3. The zero-order valence-electron chi connectivity index (χ0n) is 13.7. The van der Waals surface area contributed by atoms with Gasteiger partial charge >= 0.3 is 0 Å². The minimum Gasteiger partial charge on any atom is -0.280 e. The summed E-state index contributed by atoms with van der Waals surface area (Å²) in [5, 5.41) is 0. The van der Waals surface area contributed by atoms with Gasteiger partial charge in [-0.15, -0.1) is 0 Å². The van der Waals surface area contributed by atoms with E-state index in [1.165, 1.54) is 38.4 Å². The fraction of sp³-hybridized carbons (Fsp3) is 0.250. The van der Waals surface area contributed by atoms with Crippen molar-refractivity contribution in [1.82, 2.24) is 4.31 Å². The Kier molecular flexibility index (Phi) is 5.32. The molecule has 0 heterocycles. The molecule has 8 heteroatoms. The predicted molar refractivity (Wildman–Crippen MR) is 93.9 cm³/mol. The first-order valence-corrected chi connectivity index (χ1v) is 10.2. The van der Waals surface area contributed by atoms with Crippen LogP contribution in [0.1, 0.15) is 12.5 Å². The maximum Gasteiger partial charge on any atom is 0.261 e. The van der Waals surface area contributed by atoms with E-state index in [9.17, 15) is 16.8 Å². The van der Waals surface area contributed by atoms with Crippen LogP contribution in [0, 0.1) is 0 Å². The van der Waals surface area contributed by atoms with Gasteiger partial charge in [-0.2, -0.15) is 0 Å². The summed E-state index contributed by atoms with van der Waals surface area (Å²) in [7, 11) is -4.53. The van der Waals surface area contributed by atoms with E-state index in [4.69, 9.17) is 0 Å². The summed E-state index contributed by atoms with van der Waals surface area (Å²) in [6, 6.07) is 12.2. The number of benzene rings is 2. The molecule has 0 bridgehead atoms.